The molecular weight excluding hydrogens is 172 g/mol. The van der Waals surface area contributed by atoms with Crippen molar-refractivity contribution in [3.05, 3.63) is 23.9 Å². The fraction of sp³-hybridized carbons (Fsp3) is 0.667. The summed E-state index contributed by atoms with van der Waals surface area (Å²) in [6, 6.07) is 0. The zero-order chi connectivity index (χ0) is 10.0. The molecule has 1 unspecified atom stereocenters. The van der Waals surface area contributed by atoms with E-state index in [1.807, 2.05) is 0 Å². The second-order valence-corrected chi connectivity index (χ2v) is 4.77. The van der Waals surface area contributed by atoms with Crippen molar-refractivity contribution >= 4 is 0 Å². The molecule has 2 nitrogen and oxygen atoms in total. The third kappa shape index (κ3) is 1.85. The molecule has 0 amide bonds. The lowest BCUT2D eigenvalue weighted by molar-refractivity contribution is 0.199. The Hall–Kier alpha value is -0.760. The molecular formula is C12H20N2. The van der Waals surface area contributed by atoms with Gasteiger partial charge in [-0.05, 0) is 49.8 Å². The van der Waals surface area contributed by atoms with Gasteiger partial charge in [-0.2, -0.15) is 0 Å². The number of nitrogens with two attached hydrogens (primary N) is 1. The molecule has 0 aromatic heterocycles. The average molecular weight is 192 g/mol. The van der Waals surface area contributed by atoms with Gasteiger partial charge in [-0.15, -0.1) is 0 Å². The maximum Gasteiger partial charge on any atom is 0.0270 e. The zero-order valence-corrected chi connectivity index (χ0v) is 8.92. The Morgan fingerprint density at radius 3 is 2.71 bits per heavy atom. The van der Waals surface area contributed by atoms with Crippen LogP contribution in [0.25, 0.3) is 0 Å². The molecule has 1 aliphatic heterocycles. The Morgan fingerprint density at radius 2 is 2.14 bits per heavy atom. The van der Waals surface area contributed by atoms with Crippen LogP contribution in [-0.2, 0) is 0 Å². The van der Waals surface area contributed by atoms with E-state index in [0.29, 0.717) is 5.41 Å². The van der Waals surface area contributed by atoms with Crippen LogP contribution in [0.3, 0.4) is 0 Å². The van der Waals surface area contributed by atoms with Gasteiger partial charge in [0.1, 0.15) is 0 Å². The number of piperidine rings is 1. The van der Waals surface area contributed by atoms with Gasteiger partial charge >= 0.3 is 0 Å². The first kappa shape index (κ1) is 9.78. The molecule has 2 rings (SSSR count). The smallest absolute Gasteiger partial charge is 0.0270 e. The van der Waals surface area contributed by atoms with Crippen molar-refractivity contribution in [3.8, 4) is 0 Å². The van der Waals surface area contributed by atoms with Crippen molar-refractivity contribution in [3.63, 3.8) is 0 Å². The summed E-state index contributed by atoms with van der Waals surface area (Å²) in [4.78, 5) is 0. The molecule has 0 aromatic carbocycles. The van der Waals surface area contributed by atoms with Crippen molar-refractivity contribution in [1.82, 2.24) is 5.32 Å². The van der Waals surface area contributed by atoms with E-state index >= 15 is 0 Å². The summed E-state index contributed by atoms with van der Waals surface area (Å²) in [5.41, 5.74) is 7.03. The second kappa shape index (κ2) is 3.77. The molecule has 1 saturated heterocycles. The first-order valence-electron chi connectivity index (χ1n) is 5.56. The molecule has 2 aliphatic rings. The molecule has 78 valence electrons. The molecule has 0 aromatic rings. The topological polar surface area (TPSA) is 38.0 Å². The summed E-state index contributed by atoms with van der Waals surface area (Å²) in [5, 5.41) is 3.42. The largest absolute Gasteiger partial charge is 0.399 e. The normalized spacial score (nSPS) is 34.2. The molecule has 0 bridgehead atoms. The van der Waals surface area contributed by atoms with Crippen molar-refractivity contribution in [2.75, 3.05) is 13.1 Å². The highest BCUT2D eigenvalue weighted by atomic mass is 14.9. The Balaban J connectivity index is 2.05. The van der Waals surface area contributed by atoms with E-state index in [4.69, 9.17) is 5.73 Å². The highest BCUT2D eigenvalue weighted by molar-refractivity contribution is 5.24. The van der Waals surface area contributed by atoms with Crippen LogP contribution < -0.4 is 11.1 Å². The van der Waals surface area contributed by atoms with E-state index in [1.54, 1.807) is 0 Å². The van der Waals surface area contributed by atoms with E-state index < -0.39 is 0 Å². The van der Waals surface area contributed by atoms with Gasteiger partial charge in [0, 0.05) is 5.70 Å². The van der Waals surface area contributed by atoms with Gasteiger partial charge in [0.2, 0.25) is 0 Å². The molecule has 1 heterocycles. The molecule has 0 spiro atoms. The van der Waals surface area contributed by atoms with Gasteiger partial charge in [-0.1, -0.05) is 19.1 Å². The SMILES string of the molecule is CC1(C2CCNCC2)C=CC(N)=CC1. The lowest BCUT2D eigenvalue weighted by Gasteiger charge is -2.38. The number of hydrogen-bond acceptors (Lipinski definition) is 2. The zero-order valence-electron chi connectivity index (χ0n) is 8.92. The number of hydrogen-bond donors (Lipinski definition) is 2. The van der Waals surface area contributed by atoms with Gasteiger partial charge in [0.05, 0.1) is 0 Å². The molecule has 1 atom stereocenters. The molecule has 14 heavy (non-hydrogen) atoms. The van der Waals surface area contributed by atoms with E-state index in [0.717, 1.165) is 18.0 Å². The fourth-order valence-corrected chi connectivity index (χ4v) is 2.54. The third-order valence-electron chi connectivity index (χ3n) is 3.71. The van der Waals surface area contributed by atoms with Gasteiger partial charge in [0.15, 0.2) is 0 Å². The summed E-state index contributed by atoms with van der Waals surface area (Å²) in [6.07, 6.45) is 10.3. The van der Waals surface area contributed by atoms with E-state index in [1.165, 1.54) is 25.9 Å². The van der Waals surface area contributed by atoms with Crippen LogP contribution in [0.2, 0.25) is 0 Å². The maximum absolute atomic E-state index is 5.75. The Bertz CT molecular complexity index is 261. The van der Waals surface area contributed by atoms with Crippen LogP contribution in [0.15, 0.2) is 23.9 Å². The Morgan fingerprint density at radius 1 is 1.43 bits per heavy atom. The quantitative estimate of drug-likeness (QED) is 0.665. The maximum atomic E-state index is 5.75. The van der Waals surface area contributed by atoms with Crippen molar-refractivity contribution in [1.29, 1.82) is 0 Å². The number of allylic oxidation sites excluding steroid dienone is 3. The average Bonchev–Trinajstić information content (AvgIpc) is 2.24. The highest BCUT2D eigenvalue weighted by Crippen LogP contribution is 2.40. The van der Waals surface area contributed by atoms with Crippen LogP contribution in [0.4, 0.5) is 0 Å². The summed E-state index contributed by atoms with van der Waals surface area (Å²) >= 11 is 0. The molecule has 3 N–H and O–H groups in total. The van der Waals surface area contributed by atoms with Gasteiger partial charge in [-0.3, -0.25) is 0 Å². The molecule has 0 radical (unpaired) electrons. The van der Waals surface area contributed by atoms with Crippen LogP contribution >= 0.6 is 0 Å². The van der Waals surface area contributed by atoms with E-state index in [-0.39, 0.29) is 0 Å². The first-order chi connectivity index (χ1) is 6.71. The lowest BCUT2D eigenvalue weighted by atomic mass is 9.69. The van der Waals surface area contributed by atoms with E-state index in [2.05, 4.69) is 30.5 Å². The minimum absolute atomic E-state index is 0.352. The summed E-state index contributed by atoms with van der Waals surface area (Å²) < 4.78 is 0. The number of nitrogens with one attached hydrogen (secondary N) is 1. The Labute approximate surface area is 86.3 Å². The molecule has 2 heteroatoms. The van der Waals surface area contributed by atoms with Gasteiger partial charge in [0.25, 0.3) is 0 Å². The minimum atomic E-state index is 0.352. The van der Waals surface area contributed by atoms with Crippen LogP contribution in [0.5, 0.6) is 0 Å². The third-order valence-corrected chi connectivity index (χ3v) is 3.71. The first-order valence-corrected chi connectivity index (χ1v) is 5.56. The Kier molecular flexibility index (Phi) is 2.64. The molecule has 1 fully saturated rings. The monoisotopic (exact) mass is 192 g/mol. The van der Waals surface area contributed by atoms with Gasteiger partial charge < -0.3 is 11.1 Å². The van der Waals surface area contributed by atoms with Crippen molar-refractivity contribution < 1.29 is 0 Å². The predicted octanol–water partition coefficient (Wildman–Crippen LogP) is 1.79. The summed E-state index contributed by atoms with van der Waals surface area (Å²) in [7, 11) is 0. The summed E-state index contributed by atoms with van der Waals surface area (Å²) in [5.74, 6) is 0.823. The van der Waals surface area contributed by atoms with Crippen molar-refractivity contribution in [2.24, 2.45) is 17.1 Å². The molecule has 1 aliphatic carbocycles. The fourth-order valence-electron chi connectivity index (χ4n) is 2.54. The van der Waals surface area contributed by atoms with Gasteiger partial charge in [-0.25, -0.2) is 0 Å². The van der Waals surface area contributed by atoms with E-state index in [9.17, 15) is 0 Å². The minimum Gasteiger partial charge on any atom is -0.399 e. The second-order valence-electron chi connectivity index (χ2n) is 4.77. The summed E-state index contributed by atoms with van der Waals surface area (Å²) in [6.45, 7) is 4.71. The lowest BCUT2D eigenvalue weighted by Crippen LogP contribution is -2.36. The van der Waals surface area contributed by atoms with Crippen molar-refractivity contribution in [2.45, 2.75) is 26.2 Å². The standard InChI is InChI=1S/C12H20N2/c1-12(6-2-11(13)3-7-12)10-4-8-14-9-5-10/h2-3,6,10,14H,4-5,7-9,13H2,1H3. The van der Waals surface area contributed by atoms with Crippen LogP contribution in [0, 0.1) is 11.3 Å². The number of rotatable bonds is 1. The van der Waals surface area contributed by atoms with Crippen LogP contribution in [-0.4, -0.2) is 13.1 Å². The predicted molar refractivity (Wildman–Crippen MR) is 59.7 cm³/mol. The molecule has 0 saturated carbocycles. The van der Waals surface area contributed by atoms with Crippen LogP contribution in [0.1, 0.15) is 26.2 Å². The highest BCUT2D eigenvalue weighted by Gasteiger charge is 2.32.